The van der Waals surface area contributed by atoms with Gasteiger partial charge < -0.3 is 10.1 Å². The highest BCUT2D eigenvalue weighted by atomic mass is 32.2. The van der Waals surface area contributed by atoms with Crippen LogP contribution in [-0.4, -0.2) is 44.8 Å². The van der Waals surface area contributed by atoms with Crippen molar-refractivity contribution in [3.8, 4) is 0 Å². The molecule has 9 heteroatoms. The Kier molecular flexibility index (Phi) is 7.45. The maximum absolute atomic E-state index is 13.5. The van der Waals surface area contributed by atoms with Crippen LogP contribution in [0.5, 0.6) is 0 Å². The number of thiocarbonyl (C=S) groups is 1. The maximum Gasteiger partial charge on any atom is 0.267 e. The number of fused-ring (bicyclic) bond motifs is 1. The van der Waals surface area contributed by atoms with Crippen LogP contribution in [-0.2, 0) is 9.53 Å². The van der Waals surface area contributed by atoms with Gasteiger partial charge in [-0.15, -0.1) is 0 Å². The van der Waals surface area contributed by atoms with Gasteiger partial charge in [-0.3, -0.25) is 18.9 Å². The number of benzene rings is 1. The lowest BCUT2D eigenvalue weighted by Gasteiger charge is -2.18. The van der Waals surface area contributed by atoms with Crippen molar-refractivity contribution in [2.75, 3.05) is 25.6 Å². The highest BCUT2D eigenvalue weighted by Crippen LogP contribution is 2.33. The number of pyridine rings is 1. The van der Waals surface area contributed by atoms with Gasteiger partial charge in [-0.25, -0.2) is 4.98 Å². The van der Waals surface area contributed by atoms with Crippen molar-refractivity contribution in [2.24, 2.45) is 0 Å². The summed E-state index contributed by atoms with van der Waals surface area (Å²) in [5.74, 6) is 0.224. The Bertz CT molecular complexity index is 1320. The molecule has 4 rings (SSSR count). The first-order valence-corrected chi connectivity index (χ1v) is 12.2. The van der Waals surface area contributed by atoms with Gasteiger partial charge >= 0.3 is 0 Å². The normalized spacial score (nSPS) is 16.0. The molecule has 3 aromatic rings. The van der Waals surface area contributed by atoms with Crippen molar-refractivity contribution in [3.63, 3.8) is 0 Å². The standard InChI is InChI=1S/C25H26N4O3S2/c1-16-9-7-12-28-22(16)27-21(26-17(2)18-10-5-4-6-11-18)19(23(28)30)15-20-24(31)29(25(33)34-20)13-8-14-32-3/h4-7,9-12,15,17,26H,8,13-14H2,1-3H3/b20-15-. The fraction of sp³-hybridized carbons (Fsp3) is 0.280. The molecule has 34 heavy (non-hydrogen) atoms. The van der Waals surface area contributed by atoms with Gasteiger partial charge in [0.2, 0.25) is 0 Å². The van der Waals surface area contributed by atoms with E-state index in [2.05, 4.69) is 5.32 Å². The lowest BCUT2D eigenvalue weighted by Crippen LogP contribution is -2.29. The van der Waals surface area contributed by atoms with E-state index >= 15 is 0 Å². The zero-order chi connectivity index (χ0) is 24.2. The van der Waals surface area contributed by atoms with E-state index in [1.807, 2.05) is 56.3 Å². The second-order valence-corrected chi connectivity index (χ2v) is 9.70. The molecule has 3 heterocycles. The monoisotopic (exact) mass is 494 g/mol. The number of hydrogen-bond donors (Lipinski definition) is 1. The summed E-state index contributed by atoms with van der Waals surface area (Å²) >= 11 is 6.63. The SMILES string of the molecule is COCCCN1C(=O)/C(=C/c2c(NC(C)c3ccccc3)nc3c(C)cccn3c2=O)SC1=S. The Balaban J connectivity index is 1.77. The Labute approximate surface area is 207 Å². The van der Waals surface area contributed by atoms with E-state index in [4.69, 9.17) is 21.9 Å². The van der Waals surface area contributed by atoms with Crippen LogP contribution in [0.15, 0.2) is 58.4 Å². The number of nitrogens with zero attached hydrogens (tertiary/aromatic N) is 3. The van der Waals surface area contributed by atoms with Gasteiger partial charge in [0.15, 0.2) is 0 Å². The Morgan fingerprint density at radius 1 is 1.21 bits per heavy atom. The van der Waals surface area contributed by atoms with Crippen LogP contribution in [0.2, 0.25) is 0 Å². The third-order valence-corrected chi connectivity index (χ3v) is 6.99. The van der Waals surface area contributed by atoms with E-state index in [0.717, 1.165) is 11.1 Å². The van der Waals surface area contributed by atoms with E-state index in [1.54, 1.807) is 24.3 Å². The minimum absolute atomic E-state index is 0.102. The summed E-state index contributed by atoms with van der Waals surface area (Å²) in [5, 5.41) is 3.39. The minimum atomic E-state index is -0.249. The number of aryl methyl sites for hydroxylation is 1. The van der Waals surface area contributed by atoms with Crippen molar-refractivity contribution in [1.82, 2.24) is 14.3 Å². The zero-order valence-electron chi connectivity index (χ0n) is 19.3. The van der Waals surface area contributed by atoms with Crippen molar-refractivity contribution < 1.29 is 9.53 Å². The van der Waals surface area contributed by atoms with E-state index in [9.17, 15) is 9.59 Å². The van der Waals surface area contributed by atoms with Gasteiger partial charge in [-0.05, 0) is 43.5 Å². The van der Waals surface area contributed by atoms with Crippen LogP contribution in [0, 0.1) is 6.92 Å². The first-order valence-electron chi connectivity index (χ1n) is 11.0. The van der Waals surface area contributed by atoms with Gasteiger partial charge in [-0.2, -0.15) is 0 Å². The topological polar surface area (TPSA) is 75.9 Å². The summed E-state index contributed by atoms with van der Waals surface area (Å²) < 4.78 is 7.08. The second-order valence-electron chi connectivity index (χ2n) is 8.02. The van der Waals surface area contributed by atoms with Crippen LogP contribution in [0.4, 0.5) is 5.82 Å². The van der Waals surface area contributed by atoms with Gasteiger partial charge in [0, 0.05) is 32.5 Å². The molecule has 0 saturated carbocycles. The molecular weight excluding hydrogens is 468 g/mol. The molecule has 1 saturated heterocycles. The van der Waals surface area contributed by atoms with Crippen molar-refractivity contribution in [2.45, 2.75) is 26.3 Å². The van der Waals surface area contributed by atoms with Crippen molar-refractivity contribution >= 4 is 51.7 Å². The van der Waals surface area contributed by atoms with E-state index in [1.165, 1.54) is 16.2 Å². The molecule has 1 aliphatic heterocycles. The number of carbonyl (C=O) groups is 1. The third-order valence-electron chi connectivity index (χ3n) is 5.62. The largest absolute Gasteiger partial charge is 0.385 e. The Morgan fingerprint density at radius 3 is 2.71 bits per heavy atom. The van der Waals surface area contributed by atoms with Gasteiger partial charge in [0.05, 0.1) is 10.5 Å². The molecule has 1 unspecified atom stereocenters. The average molecular weight is 495 g/mol. The Hall–Kier alpha value is -3.01. The number of amides is 1. The summed E-state index contributed by atoms with van der Waals surface area (Å²) in [7, 11) is 1.62. The van der Waals surface area contributed by atoms with Crippen LogP contribution in [0.3, 0.4) is 0 Å². The highest BCUT2D eigenvalue weighted by molar-refractivity contribution is 8.26. The van der Waals surface area contributed by atoms with E-state index in [-0.39, 0.29) is 17.5 Å². The number of ether oxygens (including phenoxy) is 1. The zero-order valence-corrected chi connectivity index (χ0v) is 20.9. The molecule has 1 aliphatic rings. The number of anilines is 1. The number of carbonyl (C=O) groups excluding carboxylic acids is 1. The number of rotatable bonds is 8. The van der Waals surface area contributed by atoms with E-state index in [0.29, 0.717) is 45.8 Å². The number of thioether (sulfide) groups is 1. The van der Waals surface area contributed by atoms with Gasteiger partial charge in [-0.1, -0.05) is 60.4 Å². The number of nitrogens with one attached hydrogen (secondary N) is 1. The molecule has 7 nitrogen and oxygen atoms in total. The van der Waals surface area contributed by atoms with Gasteiger partial charge in [0.25, 0.3) is 11.5 Å². The third kappa shape index (κ3) is 4.91. The molecule has 1 atom stereocenters. The first kappa shape index (κ1) is 24.1. The maximum atomic E-state index is 13.5. The number of methoxy groups -OCH3 is 1. The molecule has 1 amide bonds. The fourth-order valence-electron chi connectivity index (χ4n) is 3.77. The van der Waals surface area contributed by atoms with Crippen LogP contribution >= 0.6 is 24.0 Å². The molecule has 1 fully saturated rings. The quantitative estimate of drug-likeness (QED) is 0.282. The summed E-state index contributed by atoms with van der Waals surface area (Å²) in [6, 6.07) is 13.5. The molecule has 0 aliphatic carbocycles. The van der Waals surface area contributed by atoms with E-state index < -0.39 is 0 Å². The summed E-state index contributed by atoms with van der Waals surface area (Å²) in [6.07, 6.45) is 3.98. The summed E-state index contributed by atoms with van der Waals surface area (Å²) in [5.41, 5.74) is 2.58. The Morgan fingerprint density at radius 2 is 1.97 bits per heavy atom. The lowest BCUT2D eigenvalue weighted by molar-refractivity contribution is -0.122. The smallest absolute Gasteiger partial charge is 0.267 e. The lowest BCUT2D eigenvalue weighted by atomic mass is 10.1. The van der Waals surface area contributed by atoms with Crippen LogP contribution < -0.4 is 10.9 Å². The molecule has 2 aromatic heterocycles. The molecular formula is C25H26N4O3S2. The molecule has 0 spiro atoms. The number of hydrogen-bond acceptors (Lipinski definition) is 7. The van der Waals surface area contributed by atoms with Crippen LogP contribution in [0.1, 0.15) is 36.1 Å². The first-order chi connectivity index (χ1) is 16.4. The fourth-order valence-corrected chi connectivity index (χ4v) is 5.06. The minimum Gasteiger partial charge on any atom is -0.385 e. The van der Waals surface area contributed by atoms with Crippen LogP contribution in [0.25, 0.3) is 11.7 Å². The van der Waals surface area contributed by atoms with Gasteiger partial charge in [0.1, 0.15) is 15.8 Å². The summed E-state index contributed by atoms with van der Waals surface area (Å²) in [6.45, 7) is 4.93. The predicted molar refractivity (Wildman–Crippen MR) is 141 cm³/mol. The molecule has 1 N–H and O–H groups in total. The average Bonchev–Trinajstić information content (AvgIpc) is 3.10. The van der Waals surface area contributed by atoms with Crippen molar-refractivity contribution in [1.29, 1.82) is 0 Å². The highest BCUT2D eigenvalue weighted by Gasteiger charge is 2.32. The second kappa shape index (κ2) is 10.5. The van der Waals surface area contributed by atoms with Crippen molar-refractivity contribution in [3.05, 3.63) is 80.6 Å². The molecule has 1 aromatic carbocycles. The molecule has 0 radical (unpaired) electrons. The molecule has 0 bridgehead atoms. The molecule has 176 valence electrons. The summed E-state index contributed by atoms with van der Waals surface area (Å²) in [4.78, 5) is 33.4. The predicted octanol–water partition coefficient (Wildman–Crippen LogP) is 4.41. The number of aromatic nitrogens is 2.